The van der Waals surface area contributed by atoms with Crippen molar-refractivity contribution in [2.24, 2.45) is 11.8 Å². The largest absolute Gasteiger partial charge is 0.490 e. The van der Waals surface area contributed by atoms with Gasteiger partial charge in [0, 0.05) is 55.6 Å². The number of hydrogen-bond acceptors (Lipinski definition) is 9. The van der Waals surface area contributed by atoms with Crippen LogP contribution in [-0.2, 0) is 36.1 Å². The van der Waals surface area contributed by atoms with Crippen molar-refractivity contribution in [2.75, 3.05) is 64.4 Å². The molecule has 2 aromatic rings. The van der Waals surface area contributed by atoms with E-state index in [2.05, 4.69) is 26.7 Å². The van der Waals surface area contributed by atoms with Crippen molar-refractivity contribution in [1.29, 1.82) is 0 Å². The minimum absolute atomic E-state index is 0.0306. The van der Waals surface area contributed by atoms with Gasteiger partial charge in [-0.15, -0.1) is 0 Å². The number of carbonyl (C=O) groups is 2. The first kappa shape index (κ1) is 35.1. The maximum atomic E-state index is 13.7. The number of sulfonamides is 1. The standard InChI is InChI=1S/C37H47ClN4O7S/c1-36(2)34(43)39-50(45,46)28-10-13-33-31(21-28)42(23-37(24-47-33)14-4-6-25-20-27(38)9-12-30(25)37)22-26-8-11-29(26)32(7-5-19-48-36)49-35(44)41-17-15-40(3)16-18-41/h5,7,9-10,12-13,20-21,26,29,32H,4,6,8,11,14-19,22-24H2,1-3H3,(H,39,43)/b7-5-/t26-,29+,32-,37-/m0/s1. The van der Waals surface area contributed by atoms with E-state index >= 15 is 0 Å². The van der Waals surface area contributed by atoms with Gasteiger partial charge in [-0.1, -0.05) is 23.7 Å². The maximum Gasteiger partial charge on any atom is 0.410 e. The van der Waals surface area contributed by atoms with E-state index in [1.807, 2.05) is 19.2 Å². The number of ether oxygens (including phenoxy) is 3. The van der Waals surface area contributed by atoms with Crippen LogP contribution in [0.25, 0.3) is 0 Å². The van der Waals surface area contributed by atoms with Crippen LogP contribution in [0.15, 0.2) is 53.4 Å². The highest BCUT2D eigenvalue weighted by atomic mass is 35.5. The summed E-state index contributed by atoms with van der Waals surface area (Å²) < 4.78 is 48.2. The Morgan fingerprint density at radius 1 is 1.08 bits per heavy atom. The van der Waals surface area contributed by atoms with Gasteiger partial charge in [-0.05, 0) is 106 Å². The predicted molar refractivity (Wildman–Crippen MR) is 190 cm³/mol. The lowest BCUT2D eigenvalue weighted by Crippen LogP contribution is -2.51. The molecule has 1 saturated carbocycles. The van der Waals surface area contributed by atoms with Gasteiger partial charge >= 0.3 is 6.09 Å². The summed E-state index contributed by atoms with van der Waals surface area (Å²) in [6.07, 6.45) is 7.46. The van der Waals surface area contributed by atoms with E-state index < -0.39 is 27.6 Å². The fraction of sp³-hybridized carbons (Fsp3) is 0.568. The number of likely N-dealkylation sites (N-methyl/N-ethyl adjacent to an activating group) is 1. The molecule has 0 unspecified atom stereocenters. The summed E-state index contributed by atoms with van der Waals surface area (Å²) in [6, 6.07) is 10.9. The number of fused-ring (bicyclic) bond motifs is 4. The summed E-state index contributed by atoms with van der Waals surface area (Å²) in [5.74, 6) is 0.00710. The Hall–Kier alpha value is -3.32. The molecule has 3 aliphatic heterocycles. The number of nitrogens with zero attached hydrogens (tertiary/aromatic N) is 3. The van der Waals surface area contributed by atoms with Crippen LogP contribution in [0.4, 0.5) is 10.5 Å². The SMILES string of the molecule is CN1CCN(C(=O)O[C@H]2/C=C\COC(C)(C)C(=O)NS(=O)(=O)c3ccc4c(c3)N(C[C@@H]3CC[C@H]32)C[C@@]2(CCCc3cc(Cl)ccc32)CO4)CC1. The summed E-state index contributed by atoms with van der Waals surface area (Å²) in [6.45, 7) is 7.54. The molecule has 1 saturated heterocycles. The van der Waals surface area contributed by atoms with E-state index in [0.717, 1.165) is 45.2 Å². The van der Waals surface area contributed by atoms with E-state index in [4.69, 9.17) is 25.8 Å². The van der Waals surface area contributed by atoms with Crippen molar-refractivity contribution in [3.8, 4) is 5.75 Å². The molecule has 4 atom stereocenters. The second-order valence-electron chi connectivity index (χ2n) is 15.1. The molecule has 7 rings (SSSR count). The highest BCUT2D eigenvalue weighted by Gasteiger charge is 2.45. The molecule has 1 spiro atoms. The van der Waals surface area contributed by atoms with Gasteiger partial charge in [-0.3, -0.25) is 4.79 Å². The lowest BCUT2D eigenvalue weighted by molar-refractivity contribution is -0.139. The molecule has 11 nitrogen and oxygen atoms in total. The first-order valence-electron chi connectivity index (χ1n) is 17.7. The monoisotopic (exact) mass is 726 g/mol. The van der Waals surface area contributed by atoms with Crippen LogP contribution in [0, 0.1) is 11.8 Å². The summed E-state index contributed by atoms with van der Waals surface area (Å²) in [7, 11) is -2.19. The third-order valence-electron chi connectivity index (χ3n) is 11.3. The molecule has 2 amide bonds. The fourth-order valence-corrected chi connectivity index (χ4v) is 9.38. The van der Waals surface area contributed by atoms with Crippen LogP contribution < -0.4 is 14.4 Å². The second-order valence-corrected chi connectivity index (χ2v) is 17.2. The topological polar surface area (TPSA) is 118 Å². The number of hydrogen-bond donors (Lipinski definition) is 1. The van der Waals surface area contributed by atoms with Crippen molar-refractivity contribution >= 4 is 39.3 Å². The van der Waals surface area contributed by atoms with Crippen molar-refractivity contribution in [3.05, 3.63) is 64.7 Å². The fourth-order valence-electron chi connectivity index (χ4n) is 8.06. The Balaban J connectivity index is 1.27. The molecule has 2 aromatic carbocycles. The summed E-state index contributed by atoms with van der Waals surface area (Å²) in [5, 5.41) is 0.705. The molecule has 0 aromatic heterocycles. The zero-order chi connectivity index (χ0) is 35.3. The molecular formula is C37H47ClN4O7S. The van der Waals surface area contributed by atoms with E-state index in [0.29, 0.717) is 49.2 Å². The van der Waals surface area contributed by atoms with Crippen LogP contribution in [0.2, 0.25) is 5.02 Å². The molecule has 1 N–H and O–H groups in total. The lowest BCUT2D eigenvalue weighted by atomic mass is 9.68. The average Bonchev–Trinajstić information content (AvgIpc) is 3.21. The smallest absolute Gasteiger partial charge is 0.410 e. The zero-order valence-electron chi connectivity index (χ0n) is 29.0. The van der Waals surface area contributed by atoms with Gasteiger partial charge < -0.3 is 28.9 Å². The van der Waals surface area contributed by atoms with Crippen LogP contribution in [-0.4, -0.2) is 101 Å². The average molecular weight is 727 g/mol. The van der Waals surface area contributed by atoms with E-state index in [1.54, 1.807) is 23.1 Å². The molecule has 2 bridgehead atoms. The molecular weight excluding hydrogens is 680 g/mol. The van der Waals surface area contributed by atoms with Gasteiger partial charge in [0.05, 0.1) is 23.8 Å². The third kappa shape index (κ3) is 6.96. The number of nitrogens with one attached hydrogen (secondary N) is 1. The first-order chi connectivity index (χ1) is 23.8. The van der Waals surface area contributed by atoms with Gasteiger partial charge in [0.15, 0.2) is 0 Å². The van der Waals surface area contributed by atoms with Gasteiger partial charge in [-0.2, -0.15) is 0 Å². The third-order valence-corrected chi connectivity index (χ3v) is 12.9. The molecule has 13 heteroatoms. The molecule has 270 valence electrons. The highest BCUT2D eigenvalue weighted by Crippen LogP contribution is 2.47. The molecule has 3 heterocycles. The van der Waals surface area contributed by atoms with E-state index in [-0.39, 0.29) is 34.8 Å². The number of benzene rings is 2. The Kier molecular flexibility index (Phi) is 9.59. The second kappa shape index (κ2) is 13.7. The molecule has 5 aliphatic rings. The minimum atomic E-state index is -4.24. The first-order valence-corrected chi connectivity index (χ1v) is 19.5. The maximum absolute atomic E-state index is 13.7. The van der Waals surface area contributed by atoms with Gasteiger partial charge in [0.1, 0.15) is 17.5 Å². The predicted octanol–water partition coefficient (Wildman–Crippen LogP) is 4.76. The summed E-state index contributed by atoms with van der Waals surface area (Å²) >= 11 is 6.44. The lowest BCUT2D eigenvalue weighted by Gasteiger charge is -2.46. The normalized spacial score (nSPS) is 30.1. The van der Waals surface area contributed by atoms with Crippen LogP contribution >= 0.6 is 11.6 Å². The van der Waals surface area contributed by atoms with Crippen molar-refractivity contribution < 1.29 is 32.2 Å². The number of amides is 2. The van der Waals surface area contributed by atoms with Gasteiger partial charge in [-0.25, -0.2) is 17.9 Å². The van der Waals surface area contributed by atoms with Gasteiger partial charge in [0.2, 0.25) is 0 Å². The Morgan fingerprint density at radius 2 is 1.88 bits per heavy atom. The number of rotatable bonds is 1. The van der Waals surface area contributed by atoms with Crippen LogP contribution in [0.5, 0.6) is 5.75 Å². The zero-order valence-corrected chi connectivity index (χ0v) is 30.6. The quantitative estimate of drug-likeness (QED) is 0.415. The number of anilines is 1. The number of carbonyl (C=O) groups excluding carboxylic acids is 2. The van der Waals surface area contributed by atoms with Crippen molar-refractivity contribution in [3.63, 3.8) is 0 Å². The number of halogens is 1. The van der Waals surface area contributed by atoms with E-state index in [1.165, 1.54) is 31.0 Å². The number of aryl methyl sites for hydroxylation is 1. The molecule has 0 radical (unpaired) electrons. The number of piperazine rings is 1. The van der Waals surface area contributed by atoms with Crippen molar-refractivity contribution in [1.82, 2.24) is 14.5 Å². The molecule has 50 heavy (non-hydrogen) atoms. The van der Waals surface area contributed by atoms with E-state index in [9.17, 15) is 18.0 Å². The molecule has 2 aliphatic carbocycles. The summed E-state index contributed by atoms with van der Waals surface area (Å²) in [5.41, 5.74) is 1.28. The van der Waals surface area contributed by atoms with Crippen LogP contribution in [0.3, 0.4) is 0 Å². The molecule has 2 fully saturated rings. The van der Waals surface area contributed by atoms with Crippen molar-refractivity contribution in [2.45, 2.75) is 68.0 Å². The summed E-state index contributed by atoms with van der Waals surface area (Å²) in [4.78, 5) is 33.0. The minimum Gasteiger partial charge on any atom is -0.490 e. The highest BCUT2D eigenvalue weighted by molar-refractivity contribution is 7.90. The Morgan fingerprint density at radius 3 is 2.64 bits per heavy atom. The Labute approximate surface area is 299 Å². The van der Waals surface area contributed by atoms with Crippen LogP contribution in [0.1, 0.15) is 50.7 Å². The van der Waals surface area contributed by atoms with Gasteiger partial charge in [0.25, 0.3) is 15.9 Å². The Bertz CT molecular complexity index is 1780.